The molecular weight excluding hydrogens is 218 g/mol. The lowest BCUT2D eigenvalue weighted by molar-refractivity contribution is 0.188. The van der Waals surface area contributed by atoms with Gasteiger partial charge in [0.25, 0.3) is 0 Å². The molecule has 2 fully saturated rings. The third-order valence-corrected chi connectivity index (χ3v) is 3.40. The molecule has 2 amide bonds. The highest BCUT2D eigenvalue weighted by molar-refractivity contribution is 5.74. The highest BCUT2D eigenvalue weighted by atomic mass is 16.5. The Hall–Kier alpha value is -0.810. The molecule has 17 heavy (non-hydrogen) atoms. The van der Waals surface area contributed by atoms with E-state index in [0.717, 1.165) is 32.5 Å². The molecule has 1 unspecified atom stereocenters. The summed E-state index contributed by atoms with van der Waals surface area (Å²) in [5.41, 5.74) is 0. The van der Waals surface area contributed by atoms with Crippen molar-refractivity contribution in [2.75, 3.05) is 39.4 Å². The largest absolute Gasteiger partial charge is 0.379 e. The zero-order valence-electron chi connectivity index (χ0n) is 10.4. The smallest absolute Gasteiger partial charge is 0.315 e. The molecule has 5 heteroatoms. The van der Waals surface area contributed by atoms with Crippen molar-refractivity contribution in [2.45, 2.75) is 31.7 Å². The third kappa shape index (κ3) is 4.52. The van der Waals surface area contributed by atoms with Gasteiger partial charge < -0.3 is 20.3 Å². The molecule has 0 aliphatic carbocycles. The Labute approximate surface area is 103 Å². The molecule has 1 atom stereocenters. The third-order valence-electron chi connectivity index (χ3n) is 3.40. The summed E-state index contributed by atoms with van der Waals surface area (Å²) >= 11 is 0. The number of nitrogens with one attached hydrogen (secondary N) is 2. The van der Waals surface area contributed by atoms with Crippen LogP contribution in [0.1, 0.15) is 25.7 Å². The fraction of sp³-hybridized carbons (Fsp3) is 0.917. The summed E-state index contributed by atoms with van der Waals surface area (Å²) in [6.45, 7) is 5.74. The van der Waals surface area contributed by atoms with Crippen LogP contribution < -0.4 is 10.6 Å². The van der Waals surface area contributed by atoms with Crippen molar-refractivity contribution in [2.24, 2.45) is 0 Å². The number of hydrogen-bond acceptors (Lipinski definition) is 3. The maximum Gasteiger partial charge on any atom is 0.315 e. The number of carbonyl (C=O) groups excluding carboxylic acids is 1. The lowest BCUT2D eigenvalue weighted by Gasteiger charge is -2.15. The molecule has 2 N–H and O–H groups in total. The Balaban J connectivity index is 1.47. The summed E-state index contributed by atoms with van der Waals surface area (Å²) < 4.78 is 5.20. The predicted molar refractivity (Wildman–Crippen MR) is 66.0 cm³/mol. The van der Waals surface area contributed by atoms with Crippen molar-refractivity contribution >= 4 is 6.03 Å². The summed E-state index contributed by atoms with van der Waals surface area (Å²) in [5, 5.41) is 5.82. The number of likely N-dealkylation sites (tertiary alicyclic amines) is 1. The van der Waals surface area contributed by atoms with Crippen molar-refractivity contribution in [1.82, 2.24) is 15.5 Å². The van der Waals surface area contributed by atoms with E-state index in [1.54, 1.807) is 0 Å². The fourth-order valence-electron chi connectivity index (χ4n) is 2.40. The van der Waals surface area contributed by atoms with E-state index in [0.29, 0.717) is 6.61 Å². The molecule has 0 bridgehead atoms. The summed E-state index contributed by atoms with van der Waals surface area (Å²) in [6, 6.07) is 0.149. The average molecular weight is 241 g/mol. The standard InChI is InChI=1S/C12H23N3O2/c16-12(14-11-4-9-17-10-11)13-5-3-8-15-6-1-2-7-15/h11H,1-10H2,(H2,13,14,16). The SMILES string of the molecule is O=C(NCCCN1CCCC1)NC1CCOC1. The summed E-state index contributed by atoms with van der Waals surface area (Å²) in [7, 11) is 0. The highest BCUT2D eigenvalue weighted by Gasteiger charge is 2.17. The van der Waals surface area contributed by atoms with Crippen LogP contribution in [0.15, 0.2) is 0 Å². The van der Waals surface area contributed by atoms with Gasteiger partial charge in [-0.1, -0.05) is 0 Å². The summed E-state index contributed by atoms with van der Waals surface area (Å²) in [5.74, 6) is 0. The van der Waals surface area contributed by atoms with Crippen molar-refractivity contribution < 1.29 is 9.53 Å². The minimum absolute atomic E-state index is 0.0538. The second-order valence-corrected chi connectivity index (χ2v) is 4.86. The second-order valence-electron chi connectivity index (χ2n) is 4.86. The van der Waals surface area contributed by atoms with Crippen molar-refractivity contribution in [3.8, 4) is 0 Å². The van der Waals surface area contributed by atoms with Gasteiger partial charge >= 0.3 is 6.03 Å². The van der Waals surface area contributed by atoms with Crippen LogP contribution in [0, 0.1) is 0 Å². The van der Waals surface area contributed by atoms with Gasteiger partial charge in [-0.15, -0.1) is 0 Å². The van der Waals surface area contributed by atoms with Crippen molar-refractivity contribution in [1.29, 1.82) is 0 Å². The van der Waals surface area contributed by atoms with E-state index in [1.807, 2.05) is 0 Å². The molecule has 2 aliphatic heterocycles. The maximum absolute atomic E-state index is 11.5. The minimum atomic E-state index is -0.0538. The first-order valence-corrected chi connectivity index (χ1v) is 6.69. The first-order valence-electron chi connectivity index (χ1n) is 6.69. The fourth-order valence-corrected chi connectivity index (χ4v) is 2.40. The van der Waals surface area contributed by atoms with Crippen LogP contribution in [0.4, 0.5) is 4.79 Å². The van der Waals surface area contributed by atoms with Gasteiger partial charge in [0.2, 0.25) is 0 Å². The van der Waals surface area contributed by atoms with Crippen LogP contribution in [0.5, 0.6) is 0 Å². The molecule has 98 valence electrons. The number of hydrogen-bond donors (Lipinski definition) is 2. The average Bonchev–Trinajstić information content (AvgIpc) is 2.96. The zero-order valence-corrected chi connectivity index (χ0v) is 10.4. The molecule has 2 heterocycles. The number of rotatable bonds is 5. The van der Waals surface area contributed by atoms with Crippen LogP contribution >= 0.6 is 0 Å². The molecule has 0 aromatic carbocycles. The van der Waals surface area contributed by atoms with Crippen LogP contribution in [0.3, 0.4) is 0 Å². The number of amides is 2. The topological polar surface area (TPSA) is 53.6 Å². The van der Waals surface area contributed by atoms with E-state index in [-0.39, 0.29) is 12.1 Å². The Kier molecular flexibility index (Phi) is 5.07. The molecule has 0 radical (unpaired) electrons. The molecule has 2 aliphatic rings. The second kappa shape index (κ2) is 6.81. The van der Waals surface area contributed by atoms with Gasteiger partial charge in [-0.05, 0) is 45.3 Å². The number of ether oxygens (including phenoxy) is 1. The normalized spacial score (nSPS) is 25.1. The number of carbonyl (C=O) groups is 1. The first-order chi connectivity index (χ1) is 8.34. The minimum Gasteiger partial charge on any atom is -0.379 e. The van der Waals surface area contributed by atoms with Crippen LogP contribution in [-0.4, -0.2) is 56.4 Å². The van der Waals surface area contributed by atoms with E-state index < -0.39 is 0 Å². The molecule has 2 saturated heterocycles. The summed E-state index contributed by atoms with van der Waals surface area (Å²) in [6.07, 6.45) is 4.63. The van der Waals surface area contributed by atoms with E-state index in [4.69, 9.17) is 4.74 Å². The van der Waals surface area contributed by atoms with Gasteiger partial charge in [-0.3, -0.25) is 0 Å². The molecular formula is C12H23N3O2. The van der Waals surface area contributed by atoms with Gasteiger partial charge in [0.05, 0.1) is 12.6 Å². The molecule has 0 aromatic heterocycles. The Morgan fingerprint density at radius 1 is 1.35 bits per heavy atom. The van der Waals surface area contributed by atoms with Gasteiger partial charge in [-0.25, -0.2) is 4.79 Å². The Morgan fingerprint density at radius 2 is 2.18 bits per heavy atom. The van der Waals surface area contributed by atoms with Gasteiger partial charge in [0.1, 0.15) is 0 Å². The zero-order chi connectivity index (χ0) is 11.9. The molecule has 0 aromatic rings. The molecule has 5 nitrogen and oxygen atoms in total. The van der Waals surface area contributed by atoms with Gasteiger partial charge in [0, 0.05) is 13.2 Å². The number of urea groups is 1. The van der Waals surface area contributed by atoms with Crippen LogP contribution in [-0.2, 0) is 4.74 Å². The van der Waals surface area contributed by atoms with Crippen molar-refractivity contribution in [3.05, 3.63) is 0 Å². The van der Waals surface area contributed by atoms with E-state index in [9.17, 15) is 4.79 Å². The lowest BCUT2D eigenvalue weighted by Crippen LogP contribution is -2.43. The quantitative estimate of drug-likeness (QED) is 0.692. The number of nitrogens with zero attached hydrogens (tertiary/aromatic N) is 1. The molecule has 2 rings (SSSR count). The van der Waals surface area contributed by atoms with Crippen molar-refractivity contribution in [3.63, 3.8) is 0 Å². The van der Waals surface area contributed by atoms with Crippen LogP contribution in [0.2, 0.25) is 0 Å². The maximum atomic E-state index is 11.5. The first kappa shape index (κ1) is 12.6. The van der Waals surface area contributed by atoms with Gasteiger partial charge in [0.15, 0.2) is 0 Å². The Bertz CT molecular complexity index is 236. The molecule has 0 spiro atoms. The monoisotopic (exact) mass is 241 g/mol. The van der Waals surface area contributed by atoms with E-state index >= 15 is 0 Å². The predicted octanol–water partition coefficient (Wildman–Crippen LogP) is 0.560. The Morgan fingerprint density at radius 3 is 2.88 bits per heavy atom. The van der Waals surface area contributed by atoms with E-state index in [1.165, 1.54) is 25.9 Å². The highest BCUT2D eigenvalue weighted by Crippen LogP contribution is 2.07. The van der Waals surface area contributed by atoms with Crippen LogP contribution in [0.25, 0.3) is 0 Å². The summed E-state index contributed by atoms with van der Waals surface area (Å²) in [4.78, 5) is 14.0. The van der Waals surface area contributed by atoms with E-state index in [2.05, 4.69) is 15.5 Å². The lowest BCUT2D eigenvalue weighted by atomic mass is 10.3. The van der Waals surface area contributed by atoms with Gasteiger partial charge in [-0.2, -0.15) is 0 Å². The molecule has 0 saturated carbocycles.